The fourth-order valence-electron chi connectivity index (χ4n) is 7.17. The summed E-state index contributed by atoms with van der Waals surface area (Å²) in [6.45, 7) is 2.28. The molecule has 0 radical (unpaired) electrons. The Morgan fingerprint density at radius 1 is 1.18 bits per heavy atom. The number of nitrogens with zero attached hydrogens (tertiary/aromatic N) is 2. The van der Waals surface area contributed by atoms with E-state index in [4.69, 9.17) is 24.9 Å². The van der Waals surface area contributed by atoms with Crippen molar-refractivity contribution in [3.05, 3.63) is 53.1 Å². The van der Waals surface area contributed by atoms with Crippen molar-refractivity contribution in [2.45, 2.75) is 49.6 Å². The van der Waals surface area contributed by atoms with E-state index in [1.165, 1.54) is 11.1 Å². The first-order valence-electron chi connectivity index (χ1n) is 12.0. The number of hydrogen-bond acceptors (Lipinski definition) is 6. The van der Waals surface area contributed by atoms with E-state index in [-0.39, 0.29) is 17.5 Å². The summed E-state index contributed by atoms with van der Waals surface area (Å²) in [5, 5.41) is 8.93. The lowest BCUT2D eigenvalue weighted by Gasteiger charge is -2.53. The van der Waals surface area contributed by atoms with E-state index in [0.717, 1.165) is 36.8 Å². The van der Waals surface area contributed by atoms with Crippen molar-refractivity contribution in [2.75, 3.05) is 14.2 Å². The van der Waals surface area contributed by atoms with Crippen LogP contribution in [-0.2, 0) is 21.4 Å². The van der Waals surface area contributed by atoms with Gasteiger partial charge < -0.3 is 19.9 Å². The quantitative estimate of drug-likeness (QED) is 0.717. The maximum atomic E-state index is 9.52. The molecular formula is C26H31B2N3O3. The molecule has 2 aromatic rings. The Morgan fingerprint density at radius 2 is 1.97 bits per heavy atom. The molecule has 34 heavy (non-hydrogen) atoms. The lowest BCUT2D eigenvalue weighted by atomic mass is 9.44. The predicted molar refractivity (Wildman–Crippen MR) is 137 cm³/mol. The lowest BCUT2D eigenvalue weighted by molar-refractivity contribution is -0.0559. The van der Waals surface area contributed by atoms with Crippen molar-refractivity contribution in [1.29, 1.82) is 5.26 Å². The van der Waals surface area contributed by atoms with Crippen molar-refractivity contribution in [1.82, 2.24) is 0 Å². The molecule has 0 saturated heterocycles. The number of fused-ring (bicyclic) bond motifs is 3. The van der Waals surface area contributed by atoms with Crippen LogP contribution in [0, 0.1) is 22.7 Å². The summed E-state index contributed by atoms with van der Waals surface area (Å²) >= 11 is 0. The summed E-state index contributed by atoms with van der Waals surface area (Å²) in [6.07, 6.45) is 4.19. The zero-order valence-electron chi connectivity index (χ0n) is 20.6. The SMILES string of the molecule is BC1(B)OC(N)=N[C@]12c1cc(-c3cc(C#N)cc(OC)c3)ccc1C[C@]21CC[C@@H](OC)[C@H](C)C1. The summed E-state index contributed by atoms with van der Waals surface area (Å²) in [6, 6.07) is 14.7. The number of nitrogens with two attached hydrogens (primary N) is 1. The Bertz CT molecular complexity index is 1220. The van der Waals surface area contributed by atoms with Crippen molar-refractivity contribution in [2.24, 2.45) is 22.1 Å². The largest absolute Gasteiger partial charge is 0.497 e. The van der Waals surface area contributed by atoms with Crippen molar-refractivity contribution in [3.8, 4) is 22.9 Å². The highest BCUT2D eigenvalue weighted by Crippen LogP contribution is 2.65. The zero-order valence-corrected chi connectivity index (χ0v) is 20.6. The molecule has 0 bridgehead atoms. The molecule has 0 amide bonds. The van der Waals surface area contributed by atoms with E-state index in [1.54, 1.807) is 13.2 Å². The third kappa shape index (κ3) is 3.10. The predicted octanol–water partition coefficient (Wildman–Crippen LogP) is 2.07. The van der Waals surface area contributed by atoms with Gasteiger partial charge in [-0.05, 0) is 78.1 Å². The summed E-state index contributed by atoms with van der Waals surface area (Å²) in [7, 11) is 7.67. The summed E-state index contributed by atoms with van der Waals surface area (Å²) in [5.41, 5.74) is 10.6. The number of rotatable bonds is 3. The van der Waals surface area contributed by atoms with Gasteiger partial charge in [0.15, 0.2) is 15.7 Å². The van der Waals surface area contributed by atoms with Crippen LogP contribution < -0.4 is 10.5 Å². The highest BCUT2D eigenvalue weighted by molar-refractivity contribution is 6.41. The van der Waals surface area contributed by atoms with Crippen LogP contribution >= 0.6 is 0 Å². The Kier molecular flexibility index (Phi) is 5.25. The maximum absolute atomic E-state index is 9.52. The molecule has 2 spiro atoms. The minimum Gasteiger partial charge on any atom is -0.497 e. The van der Waals surface area contributed by atoms with Gasteiger partial charge in [0.2, 0.25) is 0 Å². The Labute approximate surface area is 203 Å². The Balaban J connectivity index is 1.69. The molecule has 5 rings (SSSR count). The number of nitriles is 1. The van der Waals surface area contributed by atoms with E-state index < -0.39 is 10.9 Å². The van der Waals surface area contributed by atoms with Crippen molar-refractivity contribution < 1.29 is 14.2 Å². The lowest BCUT2D eigenvalue weighted by Crippen LogP contribution is -2.60. The van der Waals surface area contributed by atoms with E-state index in [0.29, 0.717) is 17.2 Å². The second-order valence-corrected chi connectivity index (χ2v) is 10.7. The van der Waals surface area contributed by atoms with E-state index in [1.807, 2.05) is 19.2 Å². The molecule has 1 aliphatic heterocycles. The van der Waals surface area contributed by atoms with Crippen molar-refractivity contribution in [3.63, 3.8) is 0 Å². The van der Waals surface area contributed by atoms with Crippen LogP contribution in [0.2, 0.25) is 0 Å². The van der Waals surface area contributed by atoms with Gasteiger partial charge in [-0.1, -0.05) is 19.1 Å². The third-order valence-electron chi connectivity index (χ3n) is 8.47. The molecule has 1 heterocycles. The molecule has 2 aliphatic carbocycles. The molecule has 0 aromatic heterocycles. The van der Waals surface area contributed by atoms with Crippen LogP contribution in [0.3, 0.4) is 0 Å². The molecular weight excluding hydrogens is 424 g/mol. The number of methoxy groups -OCH3 is 2. The fourth-order valence-corrected chi connectivity index (χ4v) is 7.17. The molecule has 6 nitrogen and oxygen atoms in total. The minimum absolute atomic E-state index is 0.0980. The van der Waals surface area contributed by atoms with Crippen LogP contribution in [0.25, 0.3) is 11.1 Å². The molecule has 3 aliphatic rings. The Morgan fingerprint density at radius 3 is 2.59 bits per heavy atom. The van der Waals surface area contributed by atoms with E-state index in [2.05, 4.69) is 46.9 Å². The first-order valence-corrected chi connectivity index (χ1v) is 12.0. The smallest absolute Gasteiger partial charge is 0.282 e. The monoisotopic (exact) mass is 455 g/mol. The van der Waals surface area contributed by atoms with Crippen LogP contribution in [-0.4, -0.2) is 47.4 Å². The van der Waals surface area contributed by atoms with Gasteiger partial charge >= 0.3 is 0 Å². The van der Waals surface area contributed by atoms with Gasteiger partial charge in [-0.2, -0.15) is 5.26 Å². The topological polar surface area (TPSA) is 89.9 Å². The summed E-state index contributed by atoms with van der Waals surface area (Å²) in [4.78, 5) is 5.13. The fraction of sp³-hybridized carbons (Fsp3) is 0.462. The van der Waals surface area contributed by atoms with E-state index >= 15 is 0 Å². The first-order chi connectivity index (χ1) is 16.2. The summed E-state index contributed by atoms with van der Waals surface area (Å²) in [5.74, 6) is 1.08. The zero-order chi connectivity index (χ0) is 24.3. The molecule has 174 valence electrons. The second kappa shape index (κ2) is 7.81. The van der Waals surface area contributed by atoms with Gasteiger partial charge in [-0.25, -0.2) is 4.99 Å². The number of benzene rings is 2. The molecule has 1 fully saturated rings. The molecule has 0 unspecified atom stereocenters. The molecule has 8 heteroatoms. The van der Waals surface area contributed by atoms with Gasteiger partial charge in [-0.15, -0.1) is 0 Å². The second-order valence-electron chi connectivity index (χ2n) is 10.7. The van der Waals surface area contributed by atoms with Crippen LogP contribution in [0.5, 0.6) is 5.75 Å². The average molecular weight is 455 g/mol. The standard InChI is InChI=1S/C26H31B2N3O3/c1-15-12-24(7-6-22(15)33-3)13-18-5-4-17(19-8-16(14-29)9-20(10-19)32-2)11-21(18)25(24)26(27,28)34-23(30)31-25/h4-5,8-11,15,22H,6-7,12-13,27-28H2,1-3H3,(H2,30,31)/t15-,22-,24-,25+/m1/s1. The third-order valence-corrected chi connectivity index (χ3v) is 8.47. The van der Waals surface area contributed by atoms with Crippen molar-refractivity contribution >= 4 is 21.7 Å². The average Bonchev–Trinajstić information content (AvgIpc) is 3.22. The highest BCUT2D eigenvalue weighted by Gasteiger charge is 2.68. The Hall–Kier alpha value is -2.91. The molecule has 2 N–H and O–H groups in total. The van der Waals surface area contributed by atoms with Gasteiger partial charge in [0.1, 0.15) is 11.3 Å². The van der Waals surface area contributed by atoms with E-state index in [9.17, 15) is 5.26 Å². The number of hydrogen-bond donors (Lipinski definition) is 1. The summed E-state index contributed by atoms with van der Waals surface area (Å²) < 4.78 is 17.5. The van der Waals surface area contributed by atoms with Gasteiger partial charge in [0, 0.05) is 12.5 Å². The normalized spacial score (nSPS) is 31.1. The van der Waals surface area contributed by atoms with Crippen LogP contribution in [0.1, 0.15) is 42.9 Å². The molecule has 1 saturated carbocycles. The molecule has 4 atom stereocenters. The maximum Gasteiger partial charge on any atom is 0.282 e. The number of aliphatic imine (C=N–C) groups is 1. The first kappa shape index (κ1) is 22.9. The minimum atomic E-state index is -0.590. The van der Waals surface area contributed by atoms with Crippen LogP contribution in [0.4, 0.5) is 0 Å². The van der Waals surface area contributed by atoms with Gasteiger partial charge in [0.05, 0.1) is 30.2 Å². The highest BCUT2D eigenvalue weighted by atomic mass is 16.5. The van der Waals surface area contributed by atoms with Crippen LogP contribution in [0.15, 0.2) is 41.4 Å². The van der Waals surface area contributed by atoms with Gasteiger partial charge in [-0.3, -0.25) is 0 Å². The van der Waals surface area contributed by atoms with Gasteiger partial charge in [0.25, 0.3) is 6.02 Å². The number of ether oxygens (including phenoxy) is 3. The molecule has 2 aromatic carbocycles. The number of amidine groups is 1.